The van der Waals surface area contributed by atoms with E-state index in [4.69, 9.17) is 0 Å². The highest BCUT2D eigenvalue weighted by Crippen LogP contribution is 2.49. The monoisotopic (exact) mass is 428 g/mol. The first-order valence-electron chi connectivity index (χ1n) is 5.58. The molecule has 20 heavy (non-hydrogen) atoms. The highest BCUT2D eigenvalue weighted by Gasteiger charge is 2.19. The SMILES string of the molecule is O=C(Br)c1ccc2c(c1)Sc1cc(C(=O)Br)ccc1S2. The van der Waals surface area contributed by atoms with E-state index in [1.54, 1.807) is 23.5 Å². The maximum atomic E-state index is 11.4. The first kappa shape index (κ1) is 14.4. The lowest BCUT2D eigenvalue weighted by atomic mass is 10.2. The number of hydrogen-bond donors (Lipinski definition) is 0. The lowest BCUT2D eigenvalue weighted by molar-refractivity contribution is 0.108. The van der Waals surface area contributed by atoms with Crippen molar-refractivity contribution >= 4 is 64.8 Å². The van der Waals surface area contributed by atoms with Gasteiger partial charge in [-0.05, 0) is 68.3 Å². The molecule has 0 radical (unpaired) electrons. The molecule has 1 aliphatic heterocycles. The largest absolute Gasteiger partial charge is 0.281 e. The average molecular weight is 430 g/mol. The van der Waals surface area contributed by atoms with Crippen LogP contribution >= 0.6 is 55.4 Å². The van der Waals surface area contributed by atoms with Crippen LogP contribution in [0.5, 0.6) is 0 Å². The van der Waals surface area contributed by atoms with Crippen LogP contribution in [0.15, 0.2) is 56.0 Å². The van der Waals surface area contributed by atoms with E-state index in [-0.39, 0.29) is 9.39 Å². The summed E-state index contributed by atoms with van der Waals surface area (Å²) in [7, 11) is 0. The summed E-state index contributed by atoms with van der Waals surface area (Å²) >= 11 is 9.16. The Bertz CT molecular complexity index is 682. The molecule has 0 bridgehead atoms. The fourth-order valence-corrected chi connectivity index (χ4v) is 4.59. The minimum Gasteiger partial charge on any atom is -0.281 e. The summed E-state index contributed by atoms with van der Waals surface area (Å²) in [6.45, 7) is 0. The van der Waals surface area contributed by atoms with Crippen LogP contribution in [0.3, 0.4) is 0 Å². The molecule has 1 heterocycles. The zero-order valence-corrected chi connectivity index (χ0v) is 14.7. The lowest BCUT2D eigenvalue weighted by Gasteiger charge is -2.18. The number of halogens is 2. The molecule has 2 nitrogen and oxygen atoms in total. The molecule has 0 saturated carbocycles. The predicted octanol–water partition coefficient (Wildman–Crippen LogP) is 5.37. The van der Waals surface area contributed by atoms with Crippen molar-refractivity contribution in [1.82, 2.24) is 0 Å². The fraction of sp³-hybridized carbons (Fsp3) is 0. The Hall–Kier alpha value is -0.560. The maximum Gasteiger partial charge on any atom is 0.228 e. The molecule has 0 amide bonds. The molecule has 2 aromatic carbocycles. The maximum absolute atomic E-state index is 11.4. The Morgan fingerprint density at radius 3 is 1.50 bits per heavy atom. The van der Waals surface area contributed by atoms with Gasteiger partial charge in [0, 0.05) is 30.7 Å². The van der Waals surface area contributed by atoms with Gasteiger partial charge in [-0.25, -0.2) is 0 Å². The number of benzene rings is 2. The standard InChI is InChI=1S/C14H6Br2O2S2/c15-13(17)7-1-3-9-11(5-7)20-12-6-8(14(16)18)2-4-10(12)19-9/h1-6H. The van der Waals surface area contributed by atoms with E-state index in [1.165, 1.54) is 0 Å². The predicted molar refractivity (Wildman–Crippen MR) is 87.6 cm³/mol. The van der Waals surface area contributed by atoms with E-state index in [1.807, 2.05) is 36.4 Å². The second-order valence-corrected chi connectivity index (χ2v) is 7.68. The third kappa shape index (κ3) is 2.74. The van der Waals surface area contributed by atoms with Crippen molar-refractivity contribution in [2.45, 2.75) is 19.6 Å². The first-order chi connectivity index (χ1) is 9.54. The van der Waals surface area contributed by atoms with Gasteiger partial charge in [-0.3, -0.25) is 9.59 Å². The summed E-state index contributed by atoms with van der Waals surface area (Å²) < 4.78 is -0.248. The Balaban J connectivity index is 2.03. The molecule has 0 spiro atoms. The van der Waals surface area contributed by atoms with Crippen molar-refractivity contribution in [1.29, 1.82) is 0 Å². The molecule has 0 N–H and O–H groups in total. The second-order valence-electron chi connectivity index (χ2n) is 4.07. The number of carbonyl (C=O) groups is 2. The van der Waals surface area contributed by atoms with Crippen molar-refractivity contribution in [2.75, 3.05) is 0 Å². The van der Waals surface area contributed by atoms with Gasteiger partial charge in [0.2, 0.25) is 9.39 Å². The third-order valence-electron chi connectivity index (χ3n) is 2.78. The zero-order valence-electron chi connectivity index (χ0n) is 9.85. The van der Waals surface area contributed by atoms with Gasteiger partial charge in [0.25, 0.3) is 0 Å². The Kier molecular flexibility index (Phi) is 4.08. The van der Waals surface area contributed by atoms with Crippen LogP contribution in [0.2, 0.25) is 0 Å². The van der Waals surface area contributed by atoms with E-state index in [0.717, 1.165) is 19.6 Å². The molecule has 0 aliphatic carbocycles. The molecular weight excluding hydrogens is 424 g/mol. The van der Waals surface area contributed by atoms with Crippen LogP contribution < -0.4 is 0 Å². The van der Waals surface area contributed by atoms with Crippen LogP contribution in [0, 0.1) is 0 Å². The lowest BCUT2D eigenvalue weighted by Crippen LogP contribution is -1.96. The smallest absolute Gasteiger partial charge is 0.228 e. The molecule has 2 aromatic rings. The third-order valence-corrected chi connectivity index (χ3v) is 6.22. The molecule has 3 rings (SSSR count). The highest BCUT2D eigenvalue weighted by atomic mass is 79.9. The summed E-state index contributed by atoms with van der Waals surface area (Å²) in [5.41, 5.74) is 1.26. The van der Waals surface area contributed by atoms with Crippen molar-refractivity contribution in [3.63, 3.8) is 0 Å². The van der Waals surface area contributed by atoms with Crippen molar-refractivity contribution in [2.24, 2.45) is 0 Å². The van der Waals surface area contributed by atoms with Gasteiger partial charge in [-0.1, -0.05) is 23.5 Å². The van der Waals surface area contributed by atoms with Gasteiger partial charge >= 0.3 is 0 Å². The van der Waals surface area contributed by atoms with Crippen molar-refractivity contribution < 1.29 is 9.59 Å². The molecule has 0 saturated heterocycles. The molecule has 100 valence electrons. The zero-order chi connectivity index (χ0) is 14.3. The van der Waals surface area contributed by atoms with Crippen LogP contribution in [0.1, 0.15) is 20.7 Å². The molecular formula is C14H6Br2O2S2. The number of fused-ring (bicyclic) bond motifs is 2. The van der Waals surface area contributed by atoms with E-state index in [2.05, 4.69) is 31.9 Å². The fourth-order valence-electron chi connectivity index (χ4n) is 1.83. The Morgan fingerprint density at radius 2 is 1.10 bits per heavy atom. The summed E-state index contributed by atoms with van der Waals surface area (Å²) in [6, 6.07) is 11.3. The first-order valence-corrected chi connectivity index (χ1v) is 8.80. The summed E-state index contributed by atoms with van der Waals surface area (Å²) in [5.74, 6) is 0. The van der Waals surface area contributed by atoms with E-state index in [9.17, 15) is 9.59 Å². The Labute approximate surface area is 141 Å². The molecule has 1 aliphatic rings. The van der Waals surface area contributed by atoms with E-state index in [0.29, 0.717) is 11.1 Å². The number of carbonyl (C=O) groups excluding carboxylic acids is 2. The van der Waals surface area contributed by atoms with Crippen LogP contribution in [-0.2, 0) is 0 Å². The van der Waals surface area contributed by atoms with Crippen LogP contribution in [-0.4, -0.2) is 9.39 Å². The van der Waals surface area contributed by atoms with Gasteiger partial charge in [-0.2, -0.15) is 0 Å². The van der Waals surface area contributed by atoms with Gasteiger partial charge in [0.05, 0.1) is 0 Å². The van der Waals surface area contributed by atoms with Gasteiger partial charge in [-0.15, -0.1) is 0 Å². The number of rotatable bonds is 2. The quantitative estimate of drug-likeness (QED) is 0.512. The molecule has 0 unspecified atom stereocenters. The summed E-state index contributed by atoms with van der Waals surface area (Å²) in [6.07, 6.45) is 0. The normalized spacial score (nSPS) is 12.5. The van der Waals surface area contributed by atoms with Gasteiger partial charge in [0.15, 0.2) is 0 Å². The number of hydrogen-bond acceptors (Lipinski definition) is 4. The van der Waals surface area contributed by atoms with E-state index < -0.39 is 0 Å². The average Bonchev–Trinajstić information content (AvgIpc) is 2.43. The second kappa shape index (κ2) is 5.67. The molecule has 0 aromatic heterocycles. The van der Waals surface area contributed by atoms with Crippen LogP contribution in [0.25, 0.3) is 0 Å². The minimum atomic E-state index is -0.124. The molecule has 0 atom stereocenters. The van der Waals surface area contributed by atoms with Crippen molar-refractivity contribution in [3.8, 4) is 0 Å². The summed E-state index contributed by atoms with van der Waals surface area (Å²) in [4.78, 5) is 27.1. The summed E-state index contributed by atoms with van der Waals surface area (Å²) in [5, 5.41) is 0. The highest BCUT2D eigenvalue weighted by molar-refractivity contribution is 9.18. The molecule has 6 heteroatoms. The molecule has 0 fully saturated rings. The van der Waals surface area contributed by atoms with Crippen LogP contribution in [0.4, 0.5) is 0 Å². The van der Waals surface area contributed by atoms with E-state index >= 15 is 0 Å². The minimum absolute atomic E-state index is 0.124. The van der Waals surface area contributed by atoms with Gasteiger partial charge < -0.3 is 0 Å². The topological polar surface area (TPSA) is 34.1 Å². The Morgan fingerprint density at radius 1 is 0.700 bits per heavy atom. The van der Waals surface area contributed by atoms with Crippen molar-refractivity contribution in [3.05, 3.63) is 47.5 Å². The van der Waals surface area contributed by atoms with Gasteiger partial charge in [0.1, 0.15) is 0 Å².